The number of aromatic hydroxyl groups is 1. The zero-order valence-corrected chi connectivity index (χ0v) is 29.6. The number of hydrogen-bond donors (Lipinski definition) is 5. The Labute approximate surface area is 303 Å². The van der Waals surface area contributed by atoms with E-state index in [1.807, 2.05) is 6.07 Å². The molecule has 0 aliphatic carbocycles. The number of rotatable bonds is 18. The number of aromatic nitrogens is 2. The zero-order valence-electron chi connectivity index (χ0n) is 29.6. The van der Waals surface area contributed by atoms with Gasteiger partial charge in [0.15, 0.2) is 0 Å². The van der Waals surface area contributed by atoms with Crippen LogP contribution in [0.5, 0.6) is 11.5 Å². The number of hydrogen-bond acceptors (Lipinski definition) is 8. The van der Waals surface area contributed by atoms with Gasteiger partial charge in [-0.25, -0.2) is 9.18 Å². The first-order valence-corrected chi connectivity index (χ1v) is 18.6. The van der Waals surface area contributed by atoms with Gasteiger partial charge in [-0.05, 0) is 92.7 Å². The van der Waals surface area contributed by atoms with Gasteiger partial charge in [0.25, 0.3) is 0 Å². The Morgan fingerprint density at radius 1 is 1.00 bits per heavy atom. The molecule has 2 aromatic carbocycles. The molecule has 3 saturated heterocycles. The van der Waals surface area contributed by atoms with Gasteiger partial charge in [-0.3, -0.25) is 14.7 Å². The van der Waals surface area contributed by atoms with E-state index in [1.165, 1.54) is 29.2 Å². The molecule has 3 unspecified atom stereocenters. The van der Waals surface area contributed by atoms with Crippen LogP contribution in [0.2, 0.25) is 0 Å². The van der Waals surface area contributed by atoms with Crippen molar-refractivity contribution in [3.05, 3.63) is 99.9 Å². The van der Waals surface area contributed by atoms with Crippen LogP contribution in [0, 0.1) is 11.7 Å². The lowest BCUT2D eigenvalue weighted by Crippen LogP contribution is -2.59. The Kier molecular flexibility index (Phi) is 12.8. The molecule has 5 heterocycles. The Hall–Kier alpha value is -4.52. The number of aliphatic hydroxyl groups is 1. The third-order valence-electron chi connectivity index (χ3n) is 10.6. The van der Waals surface area contributed by atoms with Crippen LogP contribution in [0.15, 0.2) is 71.8 Å². The third kappa shape index (κ3) is 9.28. The molecule has 7 rings (SSSR count). The highest BCUT2D eigenvalue weighted by Gasteiger charge is 2.43. The predicted octanol–water partition coefficient (Wildman–Crippen LogP) is 6.36. The third-order valence-corrected chi connectivity index (χ3v) is 10.6. The number of amides is 1. The van der Waals surface area contributed by atoms with Gasteiger partial charge < -0.3 is 35.3 Å². The molecule has 5 N–H and O–H groups in total. The molecule has 3 aliphatic heterocycles. The molecule has 2 bridgehead atoms. The van der Waals surface area contributed by atoms with Gasteiger partial charge in [0.1, 0.15) is 17.3 Å². The van der Waals surface area contributed by atoms with Crippen LogP contribution in [-0.2, 0) is 0 Å². The van der Waals surface area contributed by atoms with Crippen molar-refractivity contribution in [2.75, 3.05) is 39.3 Å². The second kappa shape index (κ2) is 17.8. The normalized spacial score (nSPS) is 19.4. The lowest BCUT2D eigenvalue weighted by Gasteiger charge is -2.50. The summed E-state index contributed by atoms with van der Waals surface area (Å²) in [7, 11) is 0. The molecule has 52 heavy (non-hydrogen) atoms. The van der Waals surface area contributed by atoms with Gasteiger partial charge >= 0.3 is 6.09 Å². The summed E-state index contributed by atoms with van der Waals surface area (Å²) in [4.78, 5) is 35.4. The number of H-pyrrole nitrogens is 1. The van der Waals surface area contributed by atoms with Crippen molar-refractivity contribution < 1.29 is 29.2 Å². The number of fused-ring (bicyclic) bond motifs is 4. The lowest BCUT2D eigenvalue weighted by atomic mass is 9.81. The number of phenolic OH excluding ortho intramolecular Hbond substituents is 1. The number of benzene rings is 2. The van der Waals surface area contributed by atoms with Gasteiger partial charge in [0.2, 0.25) is 5.56 Å². The first-order chi connectivity index (χ1) is 25.3. The summed E-state index contributed by atoms with van der Waals surface area (Å²) in [6, 6.07) is 13.3. The van der Waals surface area contributed by atoms with Crippen molar-refractivity contribution in [3.63, 3.8) is 0 Å². The second-order valence-electron chi connectivity index (χ2n) is 14.1. The van der Waals surface area contributed by atoms with Gasteiger partial charge in [0.05, 0.1) is 36.5 Å². The minimum atomic E-state index is -1.02. The van der Waals surface area contributed by atoms with E-state index < -0.39 is 24.1 Å². The van der Waals surface area contributed by atoms with Crippen molar-refractivity contribution in [2.45, 2.75) is 76.0 Å². The molecular weight excluding hydrogens is 665 g/mol. The number of carboxylic acid groups (broad SMARTS) is 1. The fraction of sp³-hybridized carbons (Fsp3) is 0.475. The summed E-state index contributed by atoms with van der Waals surface area (Å²) in [5.41, 5.74) is 1.92. The van der Waals surface area contributed by atoms with Crippen LogP contribution in [0.1, 0.15) is 86.6 Å². The summed E-state index contributed by atoms with van der Waals surface area (Å²) in [6.07, 6.45) is 10.8. The van der Waals surface area contributed by atoms with E-state index in [9.17, 15) is 29.3 Å². The highest BCUT2D eigenvalue weighted by atomic mass is 19.1. The van der Waals surface area contributed by atoms with Crippen molar-refractivity contribution in [2.24, 2.45) is 5.92 Å². The minimum Gasteiger partial charge on any atom is -0.506 e. The fourth-order valence-corrected chi connectivity index (χ4v) is 7.87. The van der Waals surface area contributed by atoms with Crippen LogP contribution in [0.4, 0.5) is 9.18 Å². The molecule has 0 spiro atoms. The number of aromatic amines is 1. The SMILES string of the molecule is O=C(O)N(C(c1cccc(F)c1)c1cncc(OCCCCCCCCCNCC(O)c2ccc(O)c3[nH]c(=O)ccc23)c1)C1CN2CCC1CC2. The number of nitrogens with one attached hydrogen (secondary N) is 2. The standard InChI is InChI=1S/C40H50FN5O6/c41-30-10-8-9-28(21-30)39(46(40(50)51)34-26-45-18-15-27(34)16-19-45)29-22-31(24-43-23-29)52-20-7-5-3-1-2-4-6-17-42-25-36(48)32-11-13-35(47)38-33(32)12-14-37(49)44-38/h8-14,21-24,27,34,36,39,42,47-48H,1-7,15-20,25-26H2,(H,44,49)(H,50,51). The summed E-state index contributed by atoms with van der Waals surface area (Å²) < 4.78 is 20.5. The second-order valence-corrected chi connectivity index (χ2v) is 14.1. The van der Waals surface area contributed by atoms with Crippen LogP contribution in [-0.4, -0.2) is 86.6 Å². The summed E-state index contributed by atoms with van der Waals surface area (Å²) in [5, 5.41) is 35.3. The van der Waals surface area contributed by atoms with Gasteiger partial charge in [-0.1, -0.05) is 50.3 Å². The predicted molar refractivity (Wildman–Crippen MR) is 197 cm³/mol. The molecule has 3 aliphatic rings. The largest absolute Gasteiger partial charge is 0.506 e. The highest BCUT2D eigenvalue weighted by Crippen LogP contribution is 2.39. The number of carbonyl (C=O) groups is 1. The molecule has 0 radical (unpaired) electrons. The van der Waals surface area contributed by atoms with Crippen molar-refractivity contribution in [3.8, 4) is 11.5 Å². The molecular formula is C40H50FN5O6. The van der Waals surface area contributed by atoms with Crippen molar-refractivity contribution in [1.29, 1.82) is 0 Å². The number of piperidine rings is 3. The van der Waals surface area contributed by atoms with E-state index in [4.69, 9.17) is 4.74 Å². The highest BCUT2D eigenvalue weighted by molar-refractivity contribution is 5.87. The molecule has 4 aromatic rings. The summed E-state index contributed by atoms with van der Waals surface area (Å²) >= 11 is 0. The lowest BCUT2D eigenvalue weighted by molar-refractivity contribution is -0.000892. The average Bonchev–Trinajstić information content (AvgIpc) is 3.15. The van der Waals surface area contributed by atoms with E-state index in [0.29, 0.717) is 53.0 Å². The van der Waals surface area contributed by atoms with E-state index in [2.05, 4.69) is 20.2 Å². The number of nitrogens with zero attached hydrogens (tertiary/aromatic N) is 3. The molecule has 2 aromatic heterocycles. The molecule has 3 atom stereocenters. The zero-order chi connectivity index (χ0) is 36.5. The summed E-state index contributed by atoms with van der Waals surface area (Å²) in [5.74, 6) is 0.416. The molecule has 1 amide bonds. The van der Waals surface area contributed by atoms with Crippen LogP contribution in [0.3, 0.4) is 0 Å². The number of phenols is 1. The van der Waals surface area contributed by atoms with Crippen LogP contribution in [0.25, 0.3) is 10.9 Å². The quantitative estimate of drug-likeness (QED) is 0.0741. The first-order valence-electron chi connectivity index (χ1n) is 18.6. The number of aliphatic hydroxyl groups excluding tert-OH is 1. The number of unbranched alkanes of at least 4 members (excludes halogenated alkanes) is 6. The maximum absolute atomic E-state index is 14.5. The summed E-state index contributed by atoms with van der Waals surface area (Å²) in [6.45, 7) is 4.34. The van der Waals surface area contributed by atoms with E-state index >= 15 is 0 Å². The molecule has 278 valence electrons. The minimum absolute atomic E-state index is 0.0240. The molecule has 12 heteroatoms. The van der Waals surface area contributed by atoms with Crippen LogP contribution >= 0.6 is 0 Å². The average molecular weight is 716 g/mol. The molecule has 3 fully saturated rings. The molecule has 11 nitrogen and oxygen atoms in total. The van der Waals surface area contributed by atoms with Crippen LogP contribution < -0.4 is 15.6 Å². The Balaban J connectivity index is 0.915. The first kappa shape index (κ1) is 37.2. The van der Waals surface area contributed by atoms with Crippen molar-refractivity contribution in [1.82, 2.24) is 25.1 Å². The number of pyridine rings is 2. The van der Waals surface area contributed by atoms with E-state index in [0.717, 1.165) is 77.4 Å². The smallest absolute Gasteiger partial charge is 0.408 e. The number of ether oxygens (including phenoxy) is 1. The Morgan fingerprint density at radius 3 is 2.50 bits per heavy atom. The Morgan fingerprint density at radius 2 is 1.77 bits per heavy atom. The number of halogens is 1. The Bertz CT molecular complexity index is 1850. The monoisotopic (exact) mass is 715 g/mol. The van der Waals surface area contributed by atoms with E-state index in [1.54, 1.807) is 36.7 Å². The molecule has 0 saturated carbocycles. The van der Waals surface area contributed by atoms with Gasteiger partial charge in [-0.2, -0.15) is 0 Å². The van der Waals surface area contributed by atoms with E-state index in [-0.39, 0.29) is 23.3 Å². The maximum atomic E-state index is 14.5. The maximum Gasteiger partial charge on any atom is 0.408 e. The fourth-order valence-electron chi connectivity index (χ4n) is 7.87. The van der Waals surface area contributed by atoms with Gasteiger partial charge in [0, 0.05) is 36.3 Å². The topological polar surface area (TPSA) is 151 Å². The van der Waals surface area contributed by atoms with Crippen molar-refractivity contribution >= 4 is 17.0 Å². The van der Waals surface area contributed by atoms with Gasteiger partial charge in [-0.15, -0.1) is 0 Å².